The Hall–Kier alpha value is -0.840. The Morgan fingerprint density at radius 2 is 1.94 bits per heavy atom. The van der Waals surface area contributed by atoms with E-state index in [1.165, 1.54) is 0 Å². The third-order valence-electron chi connectivity index (χ3n) is 1.84. The fourth-order valence-electron chi connectivity index (χ4n) is 0.995. The SMILES string of the molecule is COc1ccc(C(=S)OCC(=O)CCl)cc1.Cl. The van der Waals surface area contributed by atoms with Gasteiger partial charge in [0.2, 0.25) is 0 Å². The maximum absolute atomic E-state index is 10.9. The molecular formula is C11H12Cl2O3S. The van der Waals surface area contributed by atoms with E-state index in [4.69, 9.17) is 33.3 Å². The molecule has 0 saturated heterocycles. The van der Waals surface area contributed by atoms with Gasteiger partial charge in [0.15, 0.2) is 10.8 Å². The second-order valence-corrected chi connectivity index (χ2v) is 3.61. The van der Waals surface area contributed by atoms with Crippen molar-refractivity contribution in [2.45, 2.75) is 0 Å². The second kappa shape index (κ2) is 8.28. The summed E-state index contributed by atoms with van der Waals surface area (Å²) in [6.07, 6.45) is 0. The van der Waals surface area contributed by atoms with Crippen LogP contribution in [-0.2, 0) is 9.53 Å². The predicted molar refractivity (Wildman–Crippen MR) is 73.6 cm³/mol. The van der Waals surface area contributed by atoms with E-state index in [1.807, 2.05) is 0 Å². The lowest BCUT2D eigenvalue weighted by Crippen LogP contribution is -2.14. The van der Waals surface area contributed by atoms with Crippen LogP contribution in [0.3, 0.4) is 0 Å². The Morgan fingerprint density at radius 3 is 2.41 bits per heavy atom. The average molecular weight is 295 g/mol. The van der Waals surface area contributed by atoms with Crippen molar-refractivity contribution in [1.29, 1.82) is 0 Å². The van der Waals surface area contributed by atoms with Gasteiger partial charge in [-0.15, -0.1) is 24.0 Å². The van der Waals surface area contributed by atoms with E-state index >= 15 is 0 Å². The van der Waals surface area contributed by atoms with Crippen LogP contribution < -0.4 is 4.74 Å². The smallest absolute Gasteiger partial charge is 0.191 e. The van der Waals surface area contributed by atoms with Crippen LogP contribution in [0.4, 0.5) is 0 Å². The number of rotatable bonds is 5. The van der Waals surface area contributed by atoms with E-state index in [1.54, 1.807) is 31.4 Å². The Kier molecular flexibility index (Phi) is 7.87. The lowest BCUT2D eigenvalue weighted by atomic mass is 10.2. The molecule has 94 valence electrons. The summed E-state index contributed by atoms with van der Waals surface area (Å²) >= 11 is 10.3. The van der Waals surface area contributed by atoms with Crippen LogP contribution in [0.15, 0.2) is 24.3 Å². The molecule has 0 atom stereocenters. The van der Waals surface area contributed by atoms with Crippen LogP contribution in [0, 0.1) is 0 Å². The first-order valence-electron chi connectivity index (χ1n) is 4.56. The normalized spacial score (nSPS) is 9.06. The van der Waals surface area contributed by atoms with Crippen LogP contribution in [0.5, 0.6) is 5.75 Å². The first-order valence-corrected chi connectivity index (χ1v) is 5.50. The minimum Gasteiger partial charge on any atom is -0.497 e. The molecule has 0 aliphatic carbocycles. The lowest BCUT2D eigenvalue weighted by molar-refractivity contribution is -0.118. The molecule has 0 spiro atoms. The standard InChI is InChI=1S/C11H11ClO3S.ClH/c1-14-10-4-2-8(3-5-10)11(16)15-7-9(13)6-12;/h2-5H,6-7H2,1H3;1H. The molecule has 6 heteroatoms. The van der Waals surface area contributed by atoms with Crippen molar-refractivity contribution in [1.82, 2.24) is 0 Å². The van der Waals surface area contributed by atoms with Crippen molar-refractivity contribution in [3.05, 3.63) is 29.8 Å². The molecule has 0 aliphatic rings. The average Bonchev–Trinajstić information content (AvgIpc) is 2.35. The highest BCUT2D eigenvalue weighted by molar-refractivity contribution is 7.80. The molecule has 0 N–H and O–H groups in total. The van der Waals surface area contributed by atoms with Crippen LogP contribution >= 0.6 is 36.2 Å². The molecule has 0 radical (unpaired) electrons. The molecule has 1 aromatic rings. The van der Waals surface area contributed by atoms with Gasteiger partial charge in [0.1, 0.15) is 12.4 Å². The van der Waals surface area contributed by atoms with E-state index < -0.39 is 0 Å². The number of hydrogen-bond acceptors (Lipinski definition) is 4. The fourth-order valence-corrected chi connectivity index (χ4v) is 1.27. The summed E-state index contributed by atoms with van der Waals surface area (Å²) < 4.78 is 10.1. The van der Waals surface area contributed by atoms with Crippen molar-refractivity contribution in [3.8, 4) is 5.75 Å². The number of benzene rings is 1. The summed E-state index contributed by atoms with van der Waals surface area (Å²) in [6, 6.07) is 7.08. The summed E-state index contributed by atoms with van der Waals surface area (Å²) in [5.74, 6) is 0.478. The molecule has 0 saturated carbocycles. The lowest BCUT2D eigenvalue weighted by Gasteiger charge is -2.06. The van der Waals surface area contributed by atoms with Crippen LogP contribution in [0.25, 0.3) is 0 Å². The number of halogens is 2. The Balaban J connectivity index is 0.00000256. The summed E-state index contributed by atoms with van der Waals surface area (Å²) in [7, 11) is 1.59. The number of hydrogen-bond donors (Lipinski definition) is 0. The van der Waals surface area contributed by atoms with E-state index in [0.29, 0.717) is 0 Å². The highest BCUT2D eigenvalue weighted by Crippen LogP contribution is 2.12. The first kappa shape index (κ1) is 16.2. The van der Waals surface area contributed by atoms with Crippen LogP contribution in [0.2, 0.25) is 0 Å². The third kappa shape index (κ3) is 5.35. The molecule has 17 heavy (non-hydrogen) atoms. The summed E-state index contributed by atoms with van der Waals surface area (Å²) in [5.41, 5.74) is 0.734. The minimum absolute atomic E-state index is 0. The van der Waals surface area contributed by atoms with Crippen LogP contribution in [0.1, 0.15) is 5.56 Å². The zero-order valence-corrected chi connectivity index (χ0v) is 11.5. The molecule has 0 bridgehead atoms. The van der Waals surface area contributed by atoms with Crippen molar-refractivity contribution in [2.24, 2.45) is 0 Å². The van der Waals surface area contributed by atoms with Gasteiger partial charge >= 0.3 is 0 Å². The van der Waals surface area contributed by atoms with E-state index in [2.05, 4.69) is 0 Å². The number of alkyl halides is 1. The fraction of sp³-hybridized carbons (Fsp3) is 0.273. The monoisotopic (exact) mass is 294 g/mol. The van der Waals surface area contributed by atoms with E-state index in [0.717, 1.165) is 11.3 Å². The second-order valence-electron chi connectivity index (χ2n) is 2.98. The van der Waals surface area contributed by atoms with Gasteiger partial charge in [0, 0.05) is 5.56 Å². The molecule has 0 aromatic heterocycles. The molecule has 1 aromatic carbocycles. The Labute approximate surface area is 116 Å². The maximum Gasteiger partial charge on any atom is 0.191 e. The van der Waals surface area contributed by atoms with Gasteiger partial charge in [-0.2, -0.15) is 0 Å². The maximum atomic E-state index is 10.9. The molecule has 1 rings (SSSR count). The third-order valence-corrected chi connectivity index (χ3v) is 2.49. The molecule has 0 amide bonds. The first-order chi connectivity index (χ1) is 7.67. The zero-order valence-electron chi connectivity index (χ0n) is 9.14. The highest BCUT2D eigenvalue weighted by Gasteiger charge is 2.05. The highest BCUT2D eigenvalue weighted by atomic mass is 35.5. The number of ether oxygens (including phenoxy) is 2. The number of carbonyl (C=O) groups excluding carboxylic acids is 1. The van der Waals surface area contributed by atoms with Crippen molar-refractivity contribution < 1.29 is 14.3 Å². The van der Waals surface area contributed by atoms with Gasteiger partial charge in [0.05, 0.1) is 13.0 Å². The number of ketones is 1. The van der Waals surface area contributed by atoms with E-state index in [-0.39, 0.29) is 35.7 Å². The molecule has 3 nitrogen and oxygen atoms in total. The number of Topliss-reactive ketones (excluding diaryl/α,β-unsaturated/α-hetero) is 1. The van der Waals surface area contributed by atoms with Crippen molar-refractivity contribution in [2.75, 3.05) is 19.6 Å². The molecule has 0 heterocycles. The van der Waals surface area contributed by atoms with E-state index in [9.17, 15) is 4.79 Å². The Morgan fingerprint density at radius 1 is 1.35 bits per heavy atom. The molecule has 0 unspecified atom stereocenters. The van der Waals surface area contributed by atoms with Crippen LogP contribution in [-0.4, -0.2) is 30.4 Å². The van der Waals surface area contributed by atoms with Crippen molar-refractivity contribution in [3.63, 3.8) is 0 Å². The van der Waals surface area contributed by atoms with Gasteiger partial charge in [-0.1, -0.05) is 0 Å². The minimum atomic E-state index is -0.197. The molecule has 0 fully saturated rings. The number of thiocarbonyl (C=S) groups is 1. The quantitative estimate of drug-likeness (QED) is 0.618. The largest absolute Gasteiger partial charge is 0.497 e. The van der Waals surface area contributed by atoms with Gasteiger partial charge < -0.3 is 9.47 Å². The van der Waals surface area contributed by atoms with Gasteiger partial charge in [-0.3, -0.25) is 4.79 Å². The predicted octanol–water partition coefficient (Wildman–Crippen LogP) is 2.62. The summed E-state index contributed by atoms with van der Waals surface area (Å²) in [6.45, 7) is -0.0889. The van der Waals surface area contributed by atoms with Crippen molar-refractivity contribution >= 4 is 47.1 Å². The number of methoxy groups -OCH3 is 1. The molecular weight excluding hydrogens is 283 g/mol. The van der Waals surface area contributed by atoms with Gasteiger partial charge in [0.25, 0.3) is 0 Å². The Bertz CT molecular complexity index is 379. The zero-order chi connectivity index (χ0) is 12.0. The van der Waals surface area contributed by atoms with Gasteiger partial charge in [-0.25, -0.2) is 0 Å². The topological polar surface area (TPSA) is 35.5 Å². The summed E-state index contributed by atoms with van der Waals surface area (Å²) in [5, 5.41) is 0.279. The van der Waals surface area contributed by atoms with Gasteiger partial charge in [-0.05, 0) is 36.5 Å². The summed E-state index contributed by atoms with van der Waals surface area (Å²) in [4.78, 5) is 10.9. The number of carbonyl (C=O) groups is 1. The molecule has 0 aliphatic heterocycles.